The topological polar surface area (TPSA) is 64.1 Å². The lowest BCUT2D eigenvalue weighted by Gasteiger charge is -2.13. The van der Waals surface area contributed by atoms with Gasteiger partial charge in [0.05, 0.1) is 17.5 Å². The monoisotopic (exact) mass is 369 g/mol. The average molecular weight is 370 g/mol. The van der Waals surface area contributed by atoms with Crippen LogP contribution in [0.25, 0.3) is 0 Å². The molecule has 1 amide bonds. The molecule has 0 saturated carbocycles. The summed E-state index contributed by atoms with van der Waals surface area (Å²) >= 11 is 4.59. The molecular weight excluding hydrogens is 350 g/mol. The lowest BCUT2D eigenvalue weighted by molar-refractivity contribution is -0.115. The molecule has 1 aromatic heterocycles. The van der Waals surface area contributed by atoms with Gasteiger partial charge in [-0.3, -0.25) is 4.79 Å². The second-order valence-corrected chi connectivity index (χ2v) is 8.52. The van der Waals surface area contributed by atoms with Crippen molar-refractivity contribution in [3.8, 4) is 5.75 Å². The highest BCUT2D eigenvalue weighted by molar-refractivity contribution is 8.03. The van der Waals surface area contributed by atoms with Crippen molar-refractivity contribution < 1.29 is 9.53 Å². The number of nitrogens with zero attached hydrogens (tertiary/aromatic N) is 2. The molecule has 0 saturated heterocycles. The van der Waals surface area contributed by atoms with Crippen molar-refractivity contribution in [3.63, 3.8) is 0 Å². The van der Waals surface area contributed by atoms with Gasteiger partial charge in [-0.25, -0.2) is 0 Å². The Labute approximate surface area is 148 Å². The van der Waals surface area contributed by atoms with Crippen LogP contribution in [0.1, 0.15) is 20.8 Å². The molecule has 0 aliphatic rings. The Hall–Kier alpha value is -1.25. The highest BCUT2D eigenvalue weighted by atomic mass is 32.2. The Morgan fingerprint density at radius 2 is 2.04 bits per heavy atom. The van der Waals surface area contributed by atoms with E-state index in [0.29, 0.717) is 18.0 Å². The molecule has 1 aromatic carbocycles. The van der Waals surface area contributed by atoms with E-state index < -0.39 is 0 Å². The summed E-state index contributed by atoms with van der Waals surface area (Å²) in [6.45, 7) is 6.40. The first-order valence-corrected chi connectivity index (χ1v) is 9.97. The molecule has 0 aliphatic heterocycles. The van der Waals surface area contributed by atoms with Crippen LogP contribution in [0.3, 0.4) is 0 Å². The van der Waals surface area contributed by atoms with Crippen LogP contribution in [0, 0.1) is 0 Å². The number of hydrogen-bond donors (Lipinski definition) is 1. The SMILES string of the molecule is CCOc1ccccc1NC(=O)[C@H](C)Sc1nnc(SCC)s1. The van der Waals surface area contributed by atoms with E-state index in [0.717, 1.165) is 14.4 Å². The summed E-state index contributed by atoms with van der Waals surface area (Å²) in [5.41, 5.74) is 0.686. The number of benzene rings is 1. The number of aromatic nitrogens is 2. The number of amides is 1. The van der Waals surface area contributed by atoms with Crippen LogP contribution >= 0.6 is 34.9 Å². The summed E-state index contributed by atoms with van der Waals surface area (Å²) in [5, 5.41) is 10.9. The molecule has 124 valence electrons. The molecule has 0 spiro atoms. The smallest absolute Gasteiger partial charge is 0.237 e. The van der Waals surface area contributed by atoms with Crippen LogP contribution in [0.15, 0.2) is 32.9 Å². The molecule has 8 heteroatoms. The number of ether oxygens (including phenoxy) is 1. The van der Waals surface area contributed by atoms with Gasteiger partial charge < -0.3 is 10.1 Å². The highest BCUT2D eigenvalue weighted by Crippen LogP contribution is 2.32. The maximum absolute atomic E-state index is 12.4. The number of nitrogens with one attached hydrogen (secondary N) is 1. The van der Waals surface area contributed by atoms with Gasteiger partial charge in [0.2, 0.25) is 5.91 Å². The summed E-state index contributed by atoms with van der Waals surface area (Å²) < 4.78 is 7.26. The normalized spacial score (nSPS) is 12.0. The lowest BCUT2D eigenvalue weighted by Crippen LogP contribution is -2.22. The average Bonchev–Trinajstić information content (AvgIpc) is 2.97. The maximum atomic E-state index is 12.4. The molecule has 2 rings (SSSR count). The molecule has 5 nitrogen and oxygen atoms in total. The Kier molecular flexibility index (Phi) is 7.19. The van der Waals surface area contributed by atoms with Gasteiger partial charge >= 0.3 is 0 Å². The zero-order chi connectivity index (χ0) is 16.7. The second kappa shape index (κ2) is 9.14. The summed E-state index contributed by atoms with van der Waals surface area (Å²) in [6, 6.07) is 7.43. The van der Waals surface area contributed by atoms with Gasteiger partial charge in [-0.15, -0.1) is 10.2 Å². The van der Waals surface area contributed by atoms with Crippen molar-refractivity contribution >= 4 is 46.5 Å². The van der Waals surface area contributed by atoms with Crippen molar-refractivity contribution in [3.05, 3.63) is 24.3 Å². The van der Waals surface area contributed by atoms with E-state index in [1.807, 2.05) is 38.1 Å². The van der Waals surface area contributed by atoms with Crippen LogP contribution < -0.4 is 10.1 Å². The lowest BCUT2D eigenvalue weighted by atomic mass is 10.3. The van der Waals surface area contributed by atoms with Crippen molar-refractivity contribution in [2.75, 3.05) is 17.7 Å². The summed E-state index contributed by atoms with van der Waals surface area (Å²) in [7, 11) is 0. The third-order valence-electron chi connectivity index (χ3n) is 2.75. The van der Waals surface area contributed by atoms with Crippen molar-refractivity contribution in [1.82, 2.24) is 10.2 Å². The molecule has 0 radical (unpaired) electrons. The van der Waals surface area contributed by atoms with Gasteiger partial charge in [-0.05, 0) is 31.7 Å². The minimum atomic E-state index is -0.267. The summed E-state index contributed by atoms with van der Waals surface area (Å²) in [4.78, 5) is 12.4. The fourth-order valence-corrected chi connectivity index (χ4v) is 4.78. The van der Waals surface area contributed by atoms with E-state index in [4.69, 9.17) is 4.74 Å². The molecule has 1 N–H and O–H groups in total. The molecule has 1 heterocycles. The Balaban J connectivity index is 1.97. The van der Waals surface area contributed by atoms with E-state index in [1.165, 1.54) is 23.1 Å². The molecule has 0 fully saturated rings. The molecule has 0 aliphatic carbocycles. The minimum absolute atomic E-state index is 0.0814. The van der Waals surface area contributed by atoms with Gasteiger partial charge in [0.1, 0.15) is 5.75 Å². The predicted molar refractivity (Wildman–Crippen MR) is 97.9 cm³/mol. The van der Waals surface area contributed by atoms with Crippen LogP contribution in [0.5, 0.6) is 5.75 Å². The molecular formula is C15H19N3O2S3. The molecule has 2 aromatic rings. The quantitative estimate of drug-likeness (QED) is 0.705. The first-order valence-electron chi connectivity index (χ1n) is 7.29. The van der Waals surface area contributed by atoms with Crippen molar-refractivity contribution in [2.24, 2.45) is 0 Å². The van der Waals surface area contributed by atoms with Crippen LogP contribution in [0.2, 0.25) is 0 Å². The van der Waals surface area contributed by atoms with Crippen LogP contribution in [-0.4, -0.2) is 33.7 Å². The number of rotatable bonds is 8. The largest absolute Gasteiger partial charge is 0.492 e. The third kappa shape index (κ3) is 5.40. The number of hydrogen-bond acceptors (Lipinski definition) is 7. The number of thioether (sulfide) groups is 2. The van der Waals surface area contributed by atoms with Crippen molar-refractivity contribution in [1.29, 1.82) is 0 Å². The fraction of sp³-hybridized carbons (Fsp3) is 0.400. The standard InChI is InChI=1S/C15H19N3O2S3/c1-4-20-12-9-7-6-8-11(12)16-13(19)10(3)22-15-18-17-14(23-15)21-5-2/h6-10H,4-5H2,1-3H3,(H,16,19)/t10-/m0/s1. The Bertz CT molecular complexity index is 648. The van der Waals surface area contributed by atoms with E-state index >= 15 is 0 Å². The number of para-hydroxylation sites is 2. The van der Waals surface area contributed by atoms with Gasteiger partial charge in [0.15, 0.2) is 8.68 Å². The van der Waals surface area contributed by atoms with Gasteiger partial charge in [-0.2, -0.15) is 0 Å². The van der Waals surface area contributed by atoms with Gasteiger partial charge in [-0.1, -0.05) is 53.9 Å². The van der Waals surface area contributed by atoms with Crippen LogP contribution in [0.4, 0.5) is 5.69 Å². The third-order valence-corrected chi connectivity index (χ3v) is 5.87. The summed E-state index contributed by atoms with van der Waals surface area (Å²) in [6.07, 6.45) is 0. The van der Waals surface area contributed by atoms with E-state index in [9.17, 15) is 4.79 Å². The first kappa shape index (κ1) is 18.1. The predicted octanol–water partition coefficient (Wildman–Crippen LogP) is 4.17. The molecule has 1 atom stereocenters. The fourth-order valence-electron chi connectivity index (χ4n) is 1.72. The Morgan fingerprint density at radius 3 is 2.78 bits per heavy atom. The zero-order valence-electron chi connectivity index (χ0n) is 13.2. The second-order valence-electron chi connectivity index (χ2n) is 4.45. The zero-order valence-corrected chi connectivity index (χ0v) is 15.7. The molecule has 0 unspecified atom stereocenters. The summed E-state index contributed by atoms with van der Waals surface area (Å²) in [5.74, 6) is 1.56. The van der Waals surface area contributed by atoms with Crippen LogP contribution in [-0.2, 0) is 4.79 Å². The number of carbonyl (C=O) groups is 1. The van der Waals surface area contributed by atoms with Gasteiger partial charge in [0, 0.05) is 0 Å². The molecule has 0 bridgehead atoms. The van der Waals surface area contributed by atoms with E-state index in [2.05, 4.69) is 22.4 Å². The Morgan fingerprint density at radius 1 is 1.30 bits per heavy atom. The highest BCUT2D eigenvalue weighted by Gasteiger charge is 2.18. The number of anilines is 1. The van der Waals surface area contributed by atoms with E-state index in [1.54, 1.807) is 11.8 Å². The van der Waals surface area contributed by atoms with Gasteiger partial charge in [0.25, 0.3) is 0 Å². The van der Waals surface area contributed by atoms with Crippen molar-refractivity contribution in [2.45, 2.75) is 34.7 Å². The maximum Gasteiger partial charge on any atom is 0.237 e. The van der Waals surface area contributed by atoms with E-state index in [-0.39, 0.29) is 11.2 Å². The first-order chi connectivity index (χ1) is 11.1. The minimum Gasteiger partial charge on any atom is -0.492 e. The molecule has 23 heavy (non-hydrogen) atoms. The number of carbonyl (C=O) groups excluding carboxylic acids is 1.